The van der Waals surface area contributed by atoms with Crippen LogP contribution in [-0.4, -0.2) is 27.4 Å². The zero-order valence-corrected chi connectivity index (χ0v) is 26.2. The van der Waals surface area contributed by atoms with Gasteiger partial charge in [-0.25, -0.2) is 4.98 Å². The Morgan fingerprint density at radius 1 is 1.00 bits per heavy atom. The van der Waals surface area contributed by atoms with Crippen LogP contribution in [0.4, 0.5) is 5.69 Å². The molecule has 0 N–H and O–H groups in total. The number of halogens is 2. The minimum absolute atomic E-state index is 0.00686. The first-order chi connectivity index (χ1) is 21.3. The monoisotopic (exact) mass is 716 g/mol. The summed E-state index contributed by atoms with van der Waals surface area (Å²) in [4.78, 5) is 28.9. The summed E-state index contributed by atoms with van der Waals surface area (Å²) in [7, 11) is 0. The lowest BCUT2D eigenvalue weighted by Gasteiger charge is -2.14. The van der Waals surface area contributed by atoms with Crippen LogP contribution < -0.4 is 15.0 Å². The largest absolute Gasteiger partial charge is 0.490 e. The summed E-state index contributed by atoms with van der Waals surface area (Å²) >= 11 is 7.06. The highest BCUT2D eigenvalue weighted by molar-refractivity contribution is 9.10. The number of nitro groups is 1. The van der Waals surface area contributed by atoms with E-state index in [0.29, 0.717) is 50.4 Å². The van der Waals surface area contributed by atoms with Gasteiger partial charge in [0.05, 0.1) is 28.6 Å². The molecule has 0 spiro atoms. The third-order valence-electron chi connectivity index (χ3n) is 6.67. The highest BCUT2D eigenvalue weighted by atomic mass is 79.9. The van der Waals surface area contributed by atoms with E-state index in [4.69, 9.17) is 18.9 Å². The Kier molecular flexibility index (Phi) is 8.27. The summed E-state index contributed by atoms with van der Waals surface area (Å²) in [6.45, 7) is 2.41. The summed E-state index contributed by atoms with van der Waals surface area (Å²) < 4.78 is 20.7. The van der Waals surface area contributed by atoms with E-state index in [1.54, 1.807) is 42.5 Å². The smallest absolute Gasteiger partial charge is 0.282 e. The van der Waals surface area contributed by atoms with Gasteiger partial charge >= 0.3 is 0 Å². The Balaban J connectivity index is 1.37. The van der Waals surface area contributed by atoms with Crippen molar-refractivity contribution in [1.29, 1.82) is 0 Å². The third-order valence-corrected chi connectivity index (χ3v) is 7.85. The predicted octanol–water partition coefficient (Wildman–Crippen LogP) is 8.10. The number of fused-ring (bicyclic) bond motifs is 2. The molecule has 220 valence electrons. The second-order valence-corrected chi connectivity index (χ2v) is 11.3. The number of furan rings is 1. The first-order valence-corrected chi connectivity index (χ1v) is 15.0. The Morgan fingerprint density at radius 3 is 2.55 bits per heavy atom. The molecule has 0 atom stereocenters. The van der Waals surface area contributed by atoms with Gasteiger partial charge in [-0.15, -0.1) is 0 Å². The number of nitrogens with zero attached hydrogens (tertiary/aromatic N) is 4. The number of hydrogen-bond donors (Lipinski definition) is 0. The zero-order chi connectivity index (χ0) is 30.8. The van der Waals surface area contributed by atoms with Crippen LogP contribution in [0, 0.1) is 10.1 Å². The van der Waals surface area contributed by atoms with Crippen molar-refractivity contribution < 1.29 is 18.8 Å². The number of hydrogen-bond acceptors (Lipinski definition) is 8. The van der Waals surface area contributed by atoms with Crippen LogP contribution in [0.1, 0.15) is 18.1 Å². The van der Waals surface area contributed by atoms with Crippen LogP contribution in [0.25, 0.3) is 33.5 Å². The quantitative estimate of drug-likeness (QED) is 0.0841. The molecule has 6 aromatic rings. The molecule has 6 rings (SSSR count). The molecule has 0 aliphatic heterocycles. The van der Waals surface area contributed by atoms with Gasteiger partial charge in [0.2, 0.25) is 5.82 Å². The Morgan fingerprint density at radius 2 is 1.77 bits per heavy atom. The van der Waals surface area contributed by atoms with Crippen LogP contribution in [0.5, 0.6) is 11.5 Å². The van der Waals surface area contributed by atoms with Gasteiger partial charge in [-0.3, -0.25) is 14.9 Å². The fourth-order valence-electron chi connectivity index (χ4n) is 4.54. The molecule has 0 unspecified atom stereocenters. The average Bonchev–Trinajstić information content (AvgIpc) is 3.44. The number of nitro benzene ring substituents is 1. The number of aromatic nitrogens is 2. The highest BCUT2D eigenvalue weighted by Crippen LogP contribution is 2.34. The molecular weight excluding hydrogens is 696 g/mol. The molecule has 0 saturated heterocycles. The number of benzene rings is 4. The third kappa shape index (κ3) is 5.99. The summed E-state index contributed by atoms with van der Waals surface area (Å²) in [5.74, 6) is 1.57. The van der Waals surface area contributed by atoms with E-state index < -0.39 is 4.92 Å². The fourth-order valence-corrected chi connectivity index (χ4v) is 5.34. The van der Waals surface area contributed by atoms with Crippen molar-refractivity contribution in [2.24, 2.45) is 5.10 Å². The maximum atomic E-state index is 13.7. The summed E-state index contributed by atoms with van der Waals surface area (Å²) in [6.07, 6.45) is 1.54. The zero-order valence-electron chi connectivity index (χ0n) is 23.1. The van der Waals surface area contributed by atoms with Crippen LogP contribution in [-0.2, 0) is 6.61 Å². The van der Waals surface area contributed by atoms with E-state index in [9.17, 15) is 14.9 Å². The van der Waals surface area contributed by atoms with Gasteiger partial charge in [0.15, 0.2) is 17.3 Å². The molecular formula is C32H22Br2N4O6. The lowest BCUT2D eigenvalue weighted by Crippen LogP contribution is -2.20. The predicted molar refractivity (Wildman–Crippen MR) is 175 cm³/mol. The second-order valence-electron chi connectivity index (χ2n) is 9.57. The van der Waals surface area contributed by atoms with Gasteiger partial charge in [-0.2, -0.15) is 9.78 Å². The molecule has 0 aliphatic carbocycles. The van der Waals surface area contributed by atoms with Crippen LogP contribution in [0.2, 0.25) is 0 Å². The normalized spacial score (nSPS) is 11.4. The lowest BCUT2D eigenvalue weighted by atomic mass is 10.2. The molecule has 2 aromatic heterocycles. The van der Waals surface area contributed by atoms with Crippen molar-refractivity contribution in [3.05, 3.63) is 125 Å². The van der Waals surface area contributed by atoms with Gasteiger partial charge in [-0.1, -0.05) is 28.1 Å². The molecule has 0 bridgehead atoms. The first-order valence-electron chi connectivity index (χ1n) is 13.4. The maximum Gasteiger partial charge on any atom is 0.282 e. The molecule has 0 amide bonds. The SMILES string of the molecule is CCOc1cc(C=Nn2c(-c3cc4cc(Br)ccc4o3)nc3ccccc3c2=O)c(Br)cc1OCc1ccc([N+](=O)[O-])cc1. The lowest BCUT2D eigenvalue weighted by molar-refractivity contribution is -0.384. The van der Waals surface area contributed by atoms with Crippen molar-refractivity contribution >= 4 is 65.6 Å². The van der Waals surface area contributed by atoms with Gasteiger partial charge in [0.1, 0.15) is 12.2 Å². The van der Waals surface area contributed by atoms with Gasteiger partial charge in [0, 0.05) is 32.0 Å². The van der Waals surface area contributed by atoms with E-state index in [1.807, 2.05) is 37.3 Å². The molecule has 0 saturated carbocycles. The topological polar surface area (TPSA) is 122 Å². The first kappa shape index (κ1) is 29.3. The molecule has 12 heteroatoms. The molecule has 0 radical (unpaired) electrons. The van der Waals surface area contributed by atoms with E-state index in [2.05, 4.69) is 37.0 Å². The summed E-state index contributed by atoms with van der Waals surface area (Å²) in [6, 6.07) is 24.2. The molecule has 0 aliphatic rings. The fraction of sp³-hybridized carbons (Fsp3) is 0.0938. The van der Waals surface area contributed by atoms with E-state index in [0.717, 1.165) is 15.4 Å². The molecule has 4 aromatic carbocycles. The van der Waals surface area contributed by atoms with Gasteiger partial charge in [0.25, 0.3) is 11.2 Å². The number of rotatable bonds is 9. The molecule has 10 nitrogen and oxygen atoms in total. The minimum atomic E-state index is -0.448. The van der Waals surface area contributed by atoms with Crippen molar-refractivity contribution in [2.75, 3.05) is 6.61 Å². The maximum absolute atomic E-state index is 13.7. The van der Waals surface area contributed by atoms with Crippen molar-refractivity contribution in [3.63, 3.8) is 0 Å². The standard InChI is InChI=1S/C32H22Br2N4O6/c1-2-42-28-15-21(25(34)16-29(28)43-18-19-7-10-23(11-8-19)38(40)41)17-35-37-31(36-26-6-4-3-5-24(26)32(37)39)30-14-20-13-22(33)9-12-27(20)44-30/h3-17H,2,18H2,1H3. The summed E-state index contributed by atoms with van der Waals surface area (Å²) in [5.41, 5.74) is 2.20. The number of para-hydroxylation sites is 1. The summed E-state index contributed by atoms with van der Waals surface area (Å²) in [5, 5.41) is 16.8. The van der Waals surface area contributed by atoms with E-state index in [1.165, 1.54) is 23.0 Å². The van der Waals surface area contributed by atoms with Crippen LogP contribution in [0.3, 0.4) is 0 Å². The van der Waals surface area contributed by atoms with E-state index in [-0.39, 0.29) is 23.7 Å². The van der Waals surface area contributed by atoms with Crippen LogP contribution >= 0.6 is 31.9 Å². The van der Waals surface area contributed by atoms with Crippen LogP contribution in [0.15, 0.2) is 108 Å². The number of ether oxygens (including phenoxy) is 2. The molecule has 0 fully saturated rings. The second kappa shape index (κ2) is 12.4. The minimum Gasteiger partial charge on any atom is -0.490 e. The van der Waals surface area contributed by atoms with Crippen molar-refractivity contribution in [1.82, 2.24) is 9.66 Å². The number of non-ortho nitro benzene ring substituents is 1. The van der Waals surface area contributed by atoms with Gasteiger partial charge in [-0.05, 0) is 89.1 Å². The molecule has 2 heterocycles. The molecule has 44 heavy (non-hydrogen) atoms. The van der Waals surface area contributed by atoms with Crippen molar-refractivity contribution in [2.45, 2.75) is 13.5 Å². The van der Waals surface area contributed by atoms with E-state index >= 15 is 0 Å². The average molecular weight is 718 g/mol. The Bertz CT molecular complexity index is 2120. The van der Waals surface area contributed by atoms with Gasteiger partial charge < -0.3 is 13.9 Å². The Labute approximate surface area is 267 Å². The highest BCUT2D eigenvalue weighted by Gasteiger charge is 2.17. The Hall–Kier alpha value is -4.81. The van der Waals surface area contributed by atoms with Crippen molar-refractivity contribution in [3.8, 4) is 23.1 Å².